The number of hydrogen-bond acceptors (Lipinski definition) is 3. The molecule has 0 radical (unpaired) electrons. The van der Waals surface area contributed by atoms with Crippen molar-refractivity contribution in [3.8, 4) is 0 Å². The largest absolute Gasteiger partial charge is 0.308 e. The molecule has 0 aliphatic carbocycles. The second kappa shape index (κ2) is 6.18. The first kappa shape index (κ1) is 15.8. The number of anilines is 1. The molecule has 7 heteroatoms. The Kier molecular flexibility index (Phi) is 4.24. The summed E-state index contributed by atoms with van der Waals surface area (Å²) in [7, 11) is 0. The first-order valence-corrected chi connectivity index (χ1v) is 7.73. The molecule has 0 fully saturated rings. The Morgan fingerprint density at radius 1 is 1.13 bits per heavy atom. The average molecular weight is 351 g/mol. The van der Waals surface area contributed by atoms with Gasteiger partial charge in [0.2, 0.25) is 5.91 Å². The minimum atomic E-state index is -0.436. The first-order chi connectivity index (χ1) is 11.0. The number of aryl methyl sites for hydroxylation is 1. The summed E-state index contributed by atoms with van der Waals surface area (Å²) in [4.78, 5) is 24.4. The number of carbonyl (C=O) groups excluding carboxylic acids is 1. The van der Waals surface area contributed by atoms with Crippen LogP contribution in [0.1, 0.15) is 17.5 Å². The van der Waals surface area contributed by atoms with Crippen LogP contribution in [0.25, 0.3) is 0 Å². The van der Waals surface area contributed by atoms with E-state index in [2.05, 4.69) is 0 Å². The minimum Gasteiger partial charge on any atom is -0.308 e. The Labute approximate surface area is 142 Å². The molecule has 5 nitrogen and oxygen atoms in total. The van der Waals surface area contributed by atoms with Crippen LogP contribution in [0.2, 0.25) is 10.0 Å². The van der Waals surface area contributed by atoms with Crippen LogP contribution in [0, 0.1) is 10.1 Å². The zero-order valence-electron chi connectivity index (χ0n) is 12.0. The number of nitrogens with zero attached hydrogens (tertiary/aromatic N) is 2. The lowest BCUT2D eigenvalue weighted by Gasteiger charge is -2.29. The van der Waals surface area contributed by atoms with Gasteiger partial charge in [0.05, 0.1) is 11.5 Å². The predicted molar refractivity (Wildman–Crippen MR) is 89.1 cm³/mol. The van der Waals surface area contributed by atoms with E-state index in [0.29, 0.717) is 28.6 Å². The van der Waals surface area contributed by atoms with E-state index >= 15 is 0 Å². The van der Waals surface area contributed by atoms with E-state index < -0.39 is 4.92 Å². The van der Waals surface area contributed by atoms with Gasteiger partial charge in [-0.2, -0.15) is 0 Å². The molecule has 2 aromatic rings. The Morgan fingerprint density at radius 2 is 1.91 bits per heavy atom. The van der Waals surface area contributed by atoms with Crippen LogP contribution in [0.15, 0.2) is 36.4 Å². The molecule has 1 heterocycles. The average Bonchev–Trinajstić information content (AvgIpc) is 2.53. The van der Waals surface area contributed by atoms with Gasteiger partial charge in [0.1, 0.15) is 0 Å². The number of non-ortho nitro benzene ring substituents is 1. The number of hydrogen-bond donors (Lipinski definition) is 0. The highest BCUT2D eigenvalue weighted by Crippen LogP contribution is 2.33. The van der Waals surface area contributed by atoms with Crippen LogP contribution in [0.4, 0.5) is 11.4 Å². The number of nitro benzene ring substituents is 1. The van der Waals surface area contributed by atoms with E-state index in [1.807, 2.05) is 0 Å². The normalized spacial score (nSPS) is 13.8. The van der Waals surface area contributed by atoms with Crippen molar-refractivity contribution in [1.82, 2.24) is 0 Å². The molecule has 0 spiro atoms. The highest BCUT2D eigenvalue weighted by atomic mass is 35.5. The smallest absolute Gasteiger partial charge is 0.269 e. The maximum Gasteiger partial charge on any atom is 0.269 e. The fourth-order valence-electron chi connectivity index (χ4n) is 2.67. The summed E-state index contributed by atoms with van der Waals surface area (Å²) < 4.78 is 0. The molecule has 23 heavy (non-hydrogen) atoms. The highest BCUT2D eigenvalue weighted by molar-refractivity contribution is 6.33. The van der Waals surface area contributed by atoms with Crippen LogP contribution < -0.4 is 4.90 Å². The van der Waals surface area contributed by atoms with Gasteiger partial charge in [0.25, 0.3) is 5.69 Å². The molecular formula is C16H12Cl2N2O3. The Morgan fingerprint density at radius 3 is 2.65 bits per heavy atom. The van der Waals surface area contributed by atoms with Gasteiger partial charge in [0.15, 0.2) is 0 Å². The number of carbonyl (C=O) groups is 1. The molecule has 1 amide bonds. The van der Waals surface area contributed by atoms with Crippen LogP contribution in [-0.4, -0.2) is 10.8 Å². The van der Waals surface area contributed by atoms with Gasteiger partial charge in [-0.1, -0.05) is 23.2 Å². The third kappa shape index (κ3) is 3.16. The summed E-state index contributed by atoms with van der Waals surface area (Å²) in [6, 6.07) is 9.63. The topological polar surface area (TPSA) is 63.4 Å². The molecule has 1 aliphatic heterocycles. The second-order valence-corrected chi connectivity index (χ2v) is 6.13. The van der Waals surface area contributed by atoms with Gasteiger partial charge < -0.3 is 4.90 Å². The number of benzene rings is 2. The minimum absolute atomic E-state index is 0.0267. The molecule has 118 valence electrons. The predicted octanol–water partition coefficient (Wildman–Crippen LogP) is 4.38. The molecule has 0 N–H and O–H groups in total. The van der Waals surface area contributed by atoms with Crippen molar-refractivity contribution in [2.75, 3.05) is 4.90 Å². The zero-order chi connectivity index (χ0) is 16.6. The number of nitro groups is 1. The highest BCUT2D eigenvalue weighted by Gasteiger charge is 2.26. The van der Waals surface area contributed by atoms with Gasteiger partial charge in [-0.05, 0) is 41.8 Å². The summed E-state index contributed by atoms with van der Waals surface area (Å²) >= 11 is 12.2. The van der Waals surface area contributed by atoms with Crippen LogP contribution in [0.3, 0.4) is 0 Å². The Bertz CT molecular complexity index is 808. The van der Waals surface area contributed by atoms with Crippen molar-refractivity contribution < 1.29 is 9.72 Å². The number of rotatable bonds is 3. The zero-order valence-corrected chi connectivity index (χ0v) is 13.5. The molecule has 1 aliphatic rings. The van der Waals surface area contributed by atoms with Crippen molar-refractivity contribution in [2.24, 2.45) is 0 Å². The summed E-state index contributed by atoms with van der Waals surface area (Å²) in [5.41, 5.74) is 2.23. The van der Waals surface area contributed by atoms with E-state index in [9.17, 15) is 14.9 Å². The third-order valence-corrected chi connectivity index (χ3v) is 4.41. The summed E-state index contributed by atoms with van der Waals surface area (Å²) in [6.07, 6.45) is 0.808. The van der Waals surface area contributed by atoms with Gasteiger partial charge in [-0.25, -0.2) is 0 Å². The van der Waals surface area contributed by atoms with Crippen LogP contribution in [-0.2, 0) is 17.8 Å². The molecule has 0 bridgehead atoms. The maximum absolute atomic E-state index is 12.3. The van der Waals surface area contributed by atoms with E-state index in [-0.39, 0.29) is 18.1 Å². The van der Waals surface area contributed by atoms with Crippen molar-refractivity contribution >= 4 is 40.5 Å². The maximum atomic E-state index is 12.3. The van der Waals surface area contributed by atoms with Gasteiger partial charge in [-0.3, -0.25) is 14.9 Å². The number of halogens is 2. The second-order valence-electron chi connectivity index (χ2n) is 5.29. The number of amides is 1. The molecule has 0 atom stereocenters. The monoisotopic (exact) mass is 350 g/mol. The van der Waals surface area contributed by atoms with Crippen LogP contribution in [0.5, 0.6) is 0 Å². The van der Waals surface area contributed by atoms with Gasteiger partial charge in [-0.15, -0.1) is 0 Å². The Balaban J connectivity index is 1.98. The molecule has 0 aromatic heterocycles. The quantitative estimate of drug-likeness (QED) is 0.609. The van der Waals surface area contributed by atoms with E-state index in [1.165, 1.54) is 12.1 Å². The molecule has 0 saturated heterocycles. The third-order valence-electron chi connectivity index (χ3n) is 3.81. The summed E-state index contributed by atoms with van der Waals surface area (Å²) in [5.74, 6) is -0.0394. The lowest BCUT2D eigenvalue weighted by atomic mass is 9.99. The fraction of sp³-hybridized carbons (Fsp3) is 0.188. The van der Waals surface area contributed by atoms with E-state index in [0.717, 1.165) is 11.1 Å². The van der Waals surface area contributed by atoms with Crippen molar-refractivity contribution in [3.63, 3.8) is 0 Å². The Hall–Kier alpha value is -2.11. The standard InChI is InChI=1S/C16H12Cl2N2O3/c17-12-2-4-14(18)11(7-12)9-19-15-5-3-13(20(22)23)8-10(15)1-6-16(19)21/h2-5,7-8H,1,6,9H2. The lowest BCUT2D eigenvalue weighted by Crippen LogP contribution is -2.34. The van der Waals surface area contributed by atoms with Crippen molar-refractivity contribution in [1.29, 1.82) is 0 Å². The fourth-order valence-corrected chi connectivity index (χ4v) is 3.04. The molecule has 0 saturated carbocycles. The SMILES string of the molecule is O=C1CCc2cc([N+](=O)[O-])ccc2N1Cc1cc(Cl)ccc1Cl. The van der Waals surface area contributed by atoms with Gasteiger partial charge in [0, 0.05) is 34.3 Å². The summed E-state index contributed by atoms with van der Waals surface area (Å²) in [6.45, 7) is 0.281. The van der Waals surface area contributed by atoms with Gasteiger partial charge >= 0.3 is 0 Å². The van der Waals surface area contributed by atoms with Crippen molar-refractivity contribution in [2.45, 2.75) is 19.4 Å². The molecular weight excluding hydrogens is 339 g/mol. The molecule has 3 rings (SSSR count). The first-order valence-electron chi connectivity index (χ1n) is 6.97. The van der Waals surface area contributed by atoms with Crippen LogP contribution >= 0.6 is 23.2 Å². The number of fused-ring (bicyclic) bond motifs is 1. The molecule has 0 unspecified atom stereocenters. The molecule has 2 aromatic carbocycles. The van der Waals surface area contributed by atoms with Crippen molar-refractivity contribution in [3.05, 3.63) is 67.7 Å². The van der Waals surface area contributed by atoms with E-state index in [1.54, 1.807) is 29.2 Å². The van der Waals surface area contributed by atoms with E-state index in [4.69, 9.17) is 23.2 Å². The lowest BCUT2D eigenvalue weighted by molar-refractivity contribution is -0.384. The summed E-state index contributed by atoms with van der Waals surface area (Å²) in [5, 5.41) is 12.0.